The number of nitrogens with one attached hydrogen (secondary N) is 1. The molecule has 40 heavy (non-hydrogen) atoms. The maximum absolute atomic E-state index is 14.8. The summed E-state index contributed by atoms with van der Waals surface area (Å²) in [5.41, 5.74) is 1.46. The van der Waals surface area contributed by atoms with Crippen molar-refractivity contribution in [2.45, 2.75) is 43.4 Å². The van der Waals surface area contributed by atoms with Crippen LogP contribution >= 0.6 is 0 Å². The second-order valence-electron chi connectivity index (χ2n) is 10.6. The Bertz CT molecular complexity index is 1870. The molecule has 208 valence electrons. The first kappa shape index (κ1) is 26.4. The molecule has 3 aromatic heterocycles. The van der Waals surface area contributed by atoms with Gasteiger partial charge in [-0.3, -0.25) is 9.48 Å². The molecule has 0 radical (unpaired) electrons. The number of hydrogen-bond acceptors (Lipinski definition) is 5. The van der Waals surface area contributed by atoms with E-state index < -0.39 is 43.8 Å². The maximum Gasteiger partial charge on any atom is 0.273 e. The summed E-state index contributed by atoms with van der Waals surface area (Å²) in [5.74, 6) is -3.20. The number of allylic oxidation sites excluding steroid dienone is 3. The topological polar surface area (TPSA) is 99.0 Å². The Hall–Kier alpha value is -3.83. The Kier molecular flexibility index (Phi) is 6.19. The van der Waals surface area contributed by atoms with E-state index in [2.05, 4.69) is 10.1 Å². The van der Waals surface area contributed by atoms with Crippen molar-refractivity contribution < 1.29 is 21.9 Å². The van der Waals surface area contributed by atoms with Crippen LogP contribution in [0.4, 0.5) is 8.78 Å². The molecular formula is C29H28F2N4O4S. The summed E-state index contributed by atoms with van der Waals surface area (Å²) in [6, 6.07) is 7.33. The normalized spacial score (nSPS) is 22.6. The van der Waals surface area contributed by atoms with Crippen molar-refractivity contribution in [3.63, 3.8) is 0 Å². The van der Waals surface area contributed by atoms with E-state index in [0.29, 0.717) is 35.3 Å². The SMILES string of the molecule is CC1=CC(C(C)c2cccc(F)c2F)=CC(c2cnn(C3COC3)c2)C1(C)S(=O)(=O)n1ccc2cc[nH]c(=O)c21. The van der Waals surface area contributed by atoms with Crippen molar-refractivity contribution in [1.82, 2.24) is 18.7 Å². The number of aromatic nitrogens is 4. The first-order valence-corrected chi connectivity index (χ1v) is 14.4. The van der Waals surface area contributed by atoms with Gasteiger partial charge in [0.15, 0.2) is 11.6 Å². The minimum atomic E-state index is -4.26. The maximum atomic E-state index is 14.8. The van der Waals surface area contributed by atoms with Crippen LogP contribution in [-0.2, 0) is 14.8 Å². The van der Waals surface area contributed by atoms with Gasteiger partial charge in [-0.1, -0.05) is 31.2 Å². The number of benzene rings is 1. The van der Waals surface area contributed by atoms with Gasteiger partial charge in [0.1, 0.15) is 10.3 Å². The summed E-state index contributed by atoms with van der Waals surface area (Å²) >= 11 is 0. The standard InChI is InChI=1S/C29H28F2N4O4S/c1-17-11-20(18(2)23-5-4-6-25(30)26(23)31)12-24(21-13-33-34(14-21)22-15-39-16-22)29(17,3)40(37,38)35-10-8-19-7-9-32-28(36)27(19)35/h4-14,18,22,24H,15-16H2,1-3H3,(H,32,36). The van der Waals surface area contributed by atoms with Crippen LogP contribution in [0.5, 0.6) is 0 Å². The molecule has 6 rings (SSSR count). The number of H-pyrrole nitrogens is 1. The number of ether oxygens (including phenoxy) is 1. The summed E-state index contributed by atoms with van der Waals surface area (Å²) in [5, 5.41) is 4.98. The van der Waals surface area contributed by atoms with Gasteiger partial charge in [0.05, 0.1) is 25.5 Å². The number of nitrogens with zero attached hydrogens (tertiary/aromatic N) is 3. The lowest BCUT2D eigenvalue weighted by Crippen LogP contribution is -2.47. The highest BCUT2D eigenvalue weighted by atomic mass is 32.2. The lowest BCUT2D eigenvalue weighted by molar-refractivity contribution is -0.0286. The molecular weight excluding hydrogens is 538 g/mol. The smallest absolute Gasteiger partial charge is 0.273 e. The second kappa shape index (κ2) is 9.38. The van der Waals surface area contributed by atoms with Gasteiger partial charge >= 0.3 is 0 Å². The fourth-order valence-corrected chi connectivity index (χ4v) is 7.73. The Balaban J connectivity index is 1.53. The van der Waals surface area contributed by atoms with Gasteiger partial charge < -0.3 is 9.72 Å². The quantitative estimate of drug-likeness (QED) is 0.362. The van der Waals surface area contributed by atoms with E-state index >= 15 is 0 Å². The molecule has 3 unspecified atom stereocenters. The minimum absolute atomic E-state index is 0.0302. The van der Waals surface area contributed by atoms with Crippen LogP contribution in [-0.4, -0.2) is 45.1 Å². The van der Waals surface area contributed by atoms with Gasteiger partial charge in [0, 0.05) is 35.8 Å². The second-order valence-corrected chi connectivity index (χ2v) is 12.8. The summed E-state index contributed by atoms with van der Waals surface area (Å²) < 4.78 is 64.6. The van der Waals surface area contributed by atoms with Gasteiger partial charge in [-0.05, 0) is 54.3 Å². The van der Waals surface area contributed by atoms with Crippen molar-refractivity contribution in [2.75, 3.05) is 13.2 Å². The zero-order valence-corrected chi connectivity index (χ0v) is 23.0. The molecule has 0 saturated carbocycles. The monoisotopic (exact) mass is 566 g/mol. The number of aromatic amines is 1. The molecule has 1 N–H and O–H groups in total. The summed E-state index contributed by atoms with van der Waals surface area (Å²) in [6.45, 7) is 6.12. The van der Waals surface area contributed by atoms with Gasteiger partial charge in [-0.25, -0.2) is 21.2 Å². The van der Waals surface area contributed by atoms with Gasteiger partial charge in [0.25, 0.3) is 5.56 Å². The number of fused-ring (bicyclic) bond motifs is 1. The predicted octanol–water partition coefficient (Wildman–Crippen LogP) is 4.79. The third kappa shape index (κ3) is 3.82. The molecule has 4 heterocycles. The number of halogens is 2. The molecule has 1 aromatic carbocycles. The van der Waals surface area contributed by atoms with Crippen molar-refractivity contribution in [3.05, 3.63) is 112 Å². The molecule has 3 atom stereocenters. The molecule has 1 saturated heterocycles. The summed E-state index contributed by atoms with van der Waals surface area (Å²) in [6.07, 6.45) is 9.84. The van der Waals surface area contributed by atoms with Crippen LogP contribution in [0.2, 0.25) is 0 Å². The Morgan fingerprint density at radius 1 is 1.20 bits per heavy atom. The highest BCUT2D eigenvalue weighted by Gasteiger charge is 2.51. The molecule has 0 spiro atoms. The molecule has 1 aliphatic carbocycles. The lowest BCUT2D eigenvalue weighted by Gasteiger charge is -2.40. The van der Waals surface area contributed by atoms with Gasteiger partial charge in [-0.2, -0.15) is 5.10 Å². The van der Waals surface area contributed by atoms with Crippen LogP contribution in [0.25, 0.3) is 10.9 Å². The van der Waals surface area contributed by atoms with E-state index in [1.165, 1.54) is 24.5 Å². The largest absolute Gasteiger partial charge is 0.377 e. The van der Waals surface area contributed by atoms with Crippen LogP contribution in [0.3, 0.4) is 0 Å². The predicted molar refractivity (Wildman–Crippen MR) is 147 cm³/mol. The summed E-state index contributed by atoms with van der Waals surface area (Å²) in [7, 11) is -4.26. The van der Waals surface area contributed by atoms with Crippen LogP contribution in [0.1, 0.15) is 49.8 Å². The van der Waals surface area contributed by atoms with E-state index in [4.69, 9.17) is 4.74 Å². The molecule has 11 heteroatoms. The van der Waals surface area contributed by atoms with Crippen LogP contribution in [0, 0.1) is 11.6 Å². The first-order valence-electron chi connectivity index (χ1n) is 12.9. The molecule has 8 nitrogen and oxygen atoms in total. The number of rotatable bonds is 6. The molecule has 1 aliphatic heterocycles. The van der Waals surface area contributed by atoms with Crippen molar-refractivity contribution >= 4 is 20.9 Å². The lowest BCUT2D eigenvalue weighted by atomic mass is 9.75. The Morgan fingerprint density at radius 2 is 1.98 bits per heavy atom. The fraction of sp³-hybridized carbons (Fsp3) is 0.310. The van der Waals surface area contributed by atoms with E-state index in [-0.39, 0.29) is 17.1 Å². The highest BCUT2D eigenvalue weighted by Crippen LogP contribution is 2.48. The molecule has 0 amide bonds. The van der Waals surface area contributed by atoms with Crippen LogP contribution in [0.15, 0.2) is 83.2 Å². The molecule has 2 aliphatic rings. The third-order valence-corrected chi connectivity index (χ3v) is 10.9. The molecule has 1 fully saturated rings. The van der Waals surface area contributed by atoms with E-state index in [0.717, 1.165) is 10.0 Å². The number of hydrogen-bond donors (Lipinski definition) is 1. The Labute approximate surface area is 229 Å². The minimum Gasteiger partial charge on any atom is -0.377 e. The van der Waals surface area contributed by atoms with Crippen LogP contribution < -0.4 is 5.56 Å². The van der Waals surface area contributed by atoms with Crippen molar-refractivity contribution in [3.8, 4) is 0 Å². The van der Waals surface area contributed by atoms with E-state index in [9.17, 15) is 22.0 Å². The van der Waals surface area contributed by atoms with E-state index in [1.807, 2.05) is 6.20 Å². The third-order valence-electron chi connectivity index (χ3n) is 8.41. The van der Waals surface area contributed by atoms with Crippen molar-refractivity contribution in [1.29, 1.82) is 0 Å². The zero-order chi connectivity index (χ0) is 28.4. The number of pyridine rings is 1. The first-order chi connectivity index (χ1) is 19.0. The van der Waals surface area contributed by atoms with Crippen molar-refractivity contribution in [2.24, 2.45) is 0 Å². The molecule has 4 aromatic rings. The average molecular weight is 567 g/mol. The average Bonchev–Trinajstić information content (AvgIpc) is 3.54. The fourth-order valence-electron chi connectivity index (χ4n) is 5.68. The Morgan fingerprint density at radius 3 is 2.70 bits per heavy atom. The van der Waals surface area contributed by atoms with Gasteiger partial charge in [-0.15, -0.1) is 0 Å². The highest BCUT2D eigenvalue weighted by molar-refractivity contribution is 7.91. The van der Waals surface area contributed by atoms with Gasteiger partial charge in [0.2, 0.25) is 10.0 Å². The molecule has 0 bridgehead atoms. The summed E-state index contributed by atoms with van der Waals surface area (Å²) in [4.78, 5) is 15.3. The van der Waals surface area contributed by atoms with E-state index in [1.54, 1.807) is 55.9 Å². The zero-order valence-electron chi connectivity index (χ0n) is 22.1.